The molecule has 1 aliphatic heterocycles. The molecule has 8 nitrogen and oxygen atoms in total. The number of ether oxygens (including phenoxy) is 1. The van der Waals surface area contributed by atoms with E-state index < -0.39 is 29.4 Å². The monoisotopic (exact) mass is 274 g/mol. The summed E-state index contributed by atoms with van der Waals surface area (Å²) in [6.07, 6.45) is 0.106. The van der Waals surface area contributed by atoms with E-state index >= 15 is 0 Å². The Bertz CT molecular complexity index is 364. The van der Waals surface area contributed by atoms with Gasteiger partial charge in [0.15, 0.2) is 0 Å². The van der Waals surface area contributed by atoms with E-state index in [2.05, 4.69) is 5.32 Å². The van der Waals surface area contributed by atoms with Crippen molar-refractivity contribution in [3.63, 3.8) is 0 Å². The Hall–Kier alpha value is -1.67. The van der Waals surface area contributed by atoms with Gasteiger partial charge in [-0.25, -0.2) is 4.79 Å². The van der Waals surface area contributed by atoms with Gasteiger partial charge in [0.05, 0.1) is 5.54 Å². The molecule has 0 radical (unpaired) electrons. The zero-order valence-corrected chi connectivity index (χ0v) is 10.4. The van der Waals surface area contributed by atoms with Crippen molar-refractivity contribution in [2.45, 2.75) is 37.3 Å². The van der Waals surface area contributed by atoms with Crippen LogP contribution in [-0.2, 0) is 19.1 Å². The number of rotatable bonds is 6. The van der Waals surface area contributed by atoms with Crippen LogP contribution in [0.15, 0.2) is 0 Å². The smallest absolute Gasteiger partial charge is 0.326 e. The molecule has 1 saturated heterocycles. The maximum absolute atomic E-state index is 12.0. The number of hydrogen-bond donors (Lipinski definition) is 4. The second-order valence-electron chi connectivity index (χ2n) is 4.57. The number of carbonyl (C=O) groups is 3. The van der Waals surface area contributed by atoms with Crippen molar-refractivity contribution < 1.29 is 29.3 Å². The molecule has 1 atom stereocenters. The number of nitrogens with one attached hydrogen (secondary N) is 1. The third-order valence-corrected chi connectivity index (χ3v) is 3.09. The molecule has 108 valence electrons. The van der Waals surface area contributed by atoms with Crippen LogP contribution in [0.5, 0.6) is 0 Å². The lowest BCUT2D eigenvalue weighted by molar-refractivity contribution is -0.144. The van der Waals surface area contributed by atoms with Crippen molar-refractivity contribution in [1.29, 1.82) is 0 Å². The van der Waals surface area contributed by atoms with Gasteiger partial charge < -0.3 is 26.0 Å². The van der Waals surface area contributed by atoms with E-state index in [0.717, 1.165) is 0 Å². The molecule has 1 heterocycles. The van der Waals surface area contributed by atoms with E-state index in [-0.39, 0.29) is 12.8 Å². The second kappa shape index (κ2) is 6.48. The van der Waals surface area contributed by atoms with Gasteiger partial charge in [0.2, 0.25) is 5.91 Å². The van der Waals surface area contributed by atoms with Gasteiger partial charge in [0.25, 0.3) is 0 Å². The maximum Gasteiger partial charge on any atom is 0.326 e. The fraction of sp³-hybridized carbons (Fsp3) is 0.727. The summed E-state index contributed by atoms with van der Waals surface area (Å²) in [6, 6.07) is -1.24. The molecule has 1 aliphatic rings. The van der Waals surface area contributed by atoms with E-state index in [9.17, 15) is 14.4 Å². The number of carboxylic acids is 2. The summed E-state index contributed by atoms with van der Waals surface area (Å²) in [6.45, 7) is 0.688. The molecular formula is C11H18N2O6. The normalized spacial score (nSPS) is 19.4. The average Bonchev–Trinajstić information content (AvgIpc) is 2.34. The zero-order chi connectivity index (χ0) is 14.5. The van der Waals surface area contributed by atoms with Crippen molar-refractivity contribution in [2.75, 3.05) is 13.2 Å². The van der Waals surface area contributed by atoms with Gasteiger partial charge in [0, 0.05) is 19.6 Å². The molecule has 8 heteroatoms. The van der Waals surface area contributed by atoms with Gasteiger partial charge in [-0.2, -0.15) is 0 Å². The lowest BCUT2D eigenvalue weighted by atomic mass is 9.90. The first-order valence-corrected chi connectivity index (χ1v) is 5.97. The summed E-state index contributed by atoms with van der Waals surface area (Å²) in [5, 5.41) is 19.8. The number of aliphatic carboxylic acids is 2. The largest absolute Gasteiger partial charge is 0.481 e. The highest BCUT2D eigenvalue weighted by atomic mass is 16.5. The van der Waals surface area contributed by atoms with Gasteiger partial charge in [-0.3, -0.25) is 9.59 Å². The van der Waals surface area contributed by atoms with Crippen LogP contribution in [-0.4, -0.2) is 52.9 Å². The van der Waals surface area contributed by atoms with Crippen LogP contribution >= 0.6 is 0 Å². The second-order valence-corrected chi connectivity index (χ2v) is 4.57. The number of carbonyl (C=O) groups excluding carboxylic acids is 1. The minimum Gasteiger partial charge on any atom is -0.481 e. The van der Waals surface area contributed by atoms with Crippen LogP contribution in [0.25, 0.3) is 0 Å². The molecule has 0 bridgehead atoms. The molecule has 0 unspecified atom stereocenters. The van der Waals surface area contributed by atoms with Crippen molar-refractivity contribution in [3.8, 4) is 0 Å². The third-order valence-electron chi connectivity index (χ3n) is 3.09. The predicted molar refractivity (Wildman–Crippen MR) is 63.4 cm³/mol. The Morgan fingerprint density at radius 2 is 1.84 bits per heavy atom. The molecule has 1 fully saturated rings. The van der Waals surface area contributed by atoms with Crippen LogP contribution < -0.4 is 11.1 Å². The Morgan fingerprint density at radius 3 is 2.32 bits per heavy atom. The molecule has 5 N–H and O–H groups in total. The van der Waals surface area contributed by atoms with Crippen molar-refractivity contribution in [3.05, 3.63) is 0 Å². The summed E-state index contributed by atoms with van der Waals surface area (Å²) >= 11 is 0. The number of carboxylic acid groups (broad SMARTS) is 2. The summed E-state index contributed by atoms with van der Waals surface area (Å²) in [4.78, 5) is 33.4. The molecule has 0 aromatic heterocycles. The molecule has 1 rings (SSSR count). The van der Waals surface area contributed by atoms with Gasteiger partial charge in [-0.15, -0.1) is 0 Å². The van der Waals surface area contributed by atoms with Crippen LogP contribution in [0.3, 0.4) is 0 Å². The lowest BCUT2D eigenvalue weighted by Crippen LogP contribution is -2.59. The molecule has 0 aromatic carbocycles. The molecular weight excluding hydrogens is 256 g/mol. The Morgan fingerprint density at radius 1 is 1.26 bits per heavy atom. The average molecular weight is 274 g/mol. The Balaban J connectivity index is 2.59. The summed E-state index contributed by atoms with van der Waals surface area (Å²) < 4.78 is 5.09. The molecule has 0 saturated carbocycles. The molecule has 19 heavy (non-hydrogen) atoms. The van der Waals surface area contributed by atoms with Crippen LogP contribution in [0.2, 0.25) is 0 Å². The van der Waals surface area contributed by atoms with Gasteiger partial charge >= 0.3 is 11.9 Å². The summed E-state index contributed by atoms with van der Waals surface area (Å²) in [5.74, 6) is -2.96. The first-order valence-electron chi connectivity index (χ1n) is 5.97. The van der Waals surface area contributed by atoms with E-state index in [1.807, 2.05) is 0 Å². The number of hydrogen-bond acceptors (Lipinski definition) is 5. The highest BCUT2D eigenvalue weighted by molar-refractivity contribution is 5.90. The Labute approximate surface area is 109 Å². The van der Waals surface area contributed by atoms with E-state index in [0.29, 0.717) is 26.1 Å². The molecule has 0 aromatic rings. The molecule has 0 spiro atoms. The van der Waals surface area contributed by atoms with Crippen LogP contribution in [0.4, 0.5) is 0 Å². The van der Waals surface area contributed by atoms with Crippen molar-refractivity contribution >= 4 is 17.8 Å². The number of amides is 1. The minimum absolute atomic E-state index is 0.178. The Kier molecular flexibility index (Phi) is 5.25. The topological polar surface area (TPSA) is 139 Å². The third kappa shape index (κ3) is 4.49. The van der Waals surface area contributed by atoms with Gasteiger partial charge in [-0.05, 0) is 19.3 Å². The van der Waals surface area contributed by atoms with E-state index in [1.54, 1.807) is 0 Å². The lowest BCUT2D eigenvalue weighted by Gasteiger charge is -2.32. The maximum atomic E-state index is 12.0. The summed E-state index contributed by atoms with van der Waals surface area (Å²) in [7, 11) is 0. The van der Waals surface area contributed by atoms with Gasteiger partial charge in [0.1, 0.15) is 6.04 Å². The highest BCUT2D eigenvalue weighted by Gasteiger charge is 2.37. The van der Waals surface area contributed by atoms with Crippen molar-refractivity contribution in [2.24, 2.45) is 5.73 Å². The van der Waals surface area contributed by atoms with Crippen LogP contribution in [0.1, 0.15) is 25.7 Å². The first-order chi connectivity index (χ1) is 8.85. The standard InChI is InChI=1S/C11H18N2O6/c12-11(3-5-19-6-4-11)10(18)13-7(9(16)17)1-2-8(14)15/h7H,1-6,12H2,(H,13,18)(H,14,15)(H,16,17)/t7-/m0/s1. The fourth-order valence-corrected chi connectivity index (χ4v) is 1.79. The van der Waals surface area contributed by atoms with Crippen molar-refractivity contribution in [1.82, 2.24) is 5.32 Å². The summed E-state index contributed by atoms with van der Waals surface area (Å²) in [5.41, 5.74) is 4.76. The number of nitrogens with two attached hydrogens (primary N) is 1. The molecule has 0 aliphatic carbocycles. The fourth-order valence-electron chi connectivity index (χ4n) is 1.79. The predicted octanol–water partition coefficient (Wildman–Crippen LogP) is -1.07. The van der Waals surface area contributed by atoms with Crippen LogP contribution in [0, 0.1) is 0 Å². The van der Waals surface area contributed by atoms with Gasteiger partial charge in [-0.1, -0.05) is 0 Å². The van der Waals surface area contributed by atoms with E-state index in [1.165, 1.54) is 0 Å². The zero-order valence-electron chi connectivity index (χ0n) is 10.4. The first kappa shape index (κ1) is 15.4. The highest BCUT2D eigenvalue weighted by Crippen LogP contribution is 2.18. The van der Waals surface area contributed by atoms with E-state index in [4.69, 9.17) is 20.7 Å². The SMILES string of the molecule is NC1(C(=O)N[C@@H](CCC(=O)O)C(=O)O)CCOCC1. The molecule has 1 amide bonds. The minimum atomic E-state index is -1.27. The quantitative estimate of drug-likeness (QED) is 0.483.